The maximum Gasteiger partial charge on any atom is 0.256 e. The van der Waals surface area contributed by atoms with E-state index in [0.29, 0.717) is 13.1 Å². The first-order chi connectivity index (χ1) is 12.2. The third kappa shape index (κ3) is 3.29. The molecule has 3 rings (SSSR count). The molecule has 1 atom stereocenters. The Hall–Kier alpha value is -1.39. The van der Waals surface area contributed by atoms with E-state index < -0.39 is 5.60 Å². The number of ether oxygens (including phenoxy) is 1. The summed E-state index contributed by atoms with van der Waals surface area (Å²) in [6, 6.07) is 10.3. The van der Waals surface area contributed by atoms with Crippen molar-refractivity contribution in [1.29, 1.82) is 0 Å². The van der Waals surface area contributed by atoms with Gasteiger partial charge < -0.3 is 15.0 Å². The van der Waals surface area contributed by atoms with Gasteiger partial charge in [-0.3, -0.25) is 4.79 Å². The fourth-order valence-electron chi connectivity index (χ4n) is 4.85. The zero-order chi connectivity index (χ0) is 19.0. The molecule has 0 radical (unpaired) electrons. The van der Waals surface area contributed by atoms with Crippen LogP contribution < -0.4 is 5.32 Å². The number of hydrogen-bond donors (Lipinski definition) is 1. The van der Waals surface area contributed by atoms with Gasteiger partial charge in [-0.05, 0) is 37.4 Å². The number of nitrogens with one attached hydrogen (secondary N) is 1. The van der Waals surface area contributed by atoms with E-state index in [1.165, 1.54) is 5.56 Å². The number of nitrogens with zero attached hydrogens (tertiary/aromatic N) is 1. The Balaban J connectivity index is 2.02. The SMILES string of the molecule is CC(C)C1(C(C)(C)C)OC2(CCNCC2)CN(Cc2ccccc2)C1=O. The van der Waals surface area contributed by atoms with Crippen molar-refractivity contribution in [2.24, 2.45) is 11.3 Å². The topological polar surface area (TPSA) is 41.6 Å². The summed E-state index contributed by atoms with van der Waals surface area (Å²) in [6.45, 7) is 13.9. The molecule has 26 heavy (non-hydrogen) atoms. The lowest BCUT2D eigenvalue weighted by molar-refractivity contribution is -0.260. The Morgan fingerprint density at radius 2 is 1.77 bits per heavy atom. The average Bonchev–Trinajstić information content (AvgIpc) is 2.58. The van der Waals surface area contributed by atoms with Crippen LogP contribution in [-0.2, 0) is 16.1 Å². The summed E-state index contributed by atoms with van der Waals surface area (Å²) in [5, 5.41) is 3.44. The Morgan fingerprint density at radius 3 is 2.31 bits per heavy atom. The van der Waals surface area contributed by atoms with Crippen molar-refractivity contribution in [3.63, 3.8) is 0 Å². The maximum absolute atomic E-state index is 13.8. The lowest BCUT2D eigenvalue weighted by Gasteiger charge is -2.58. The molecular weight excluding hydrogens is 324 g/mol. The predicted molar refractivity (Wildman–Crippen MR) is 105 cm³/mol. The highest BCUT2D eigenvalue weighted by molar-refractivity contribution is 5.87. The first-order valence-corrected chi connectivity index (χ1v) is 9.94. The van der Waals surface area contributed by atoms with Crippen molar-refractivity contribution in [1.82, 2.24) is 10.2 Å². The average molecular weight is 359 g/mol. The van der Waals surface area contributed by atoms with Crippen LogP contribution in [0.15, 0.2) is 30.3 Å². The number of rotatable bonds is 3. The van der Waals surface area contributed by atoms with E-state index in [1.54, 1.807) is 0 Å². The van der Waals surface area contributed by atoms with Gasteiger partial charge >= 0.3 is 0 Å². The molecule has 2 saturated heterocycles. The van der Waals surface area contributed by atoms with Gasteiger partial charge in [-0.1, -0.05) is 65.0 Å². The largest absolute Gasteiger partial charge is 0.356 e. The van der Waals surface area contributed by atoms with Crippen molar-refractivity contribution in [2.75, 3.05) is 19.6 Å². The maximum atomic E-state index is 13.8. The van der Waals surface area contributed by atoms with Crippen molar-refractivity contribution >= 4 is 5.91 Å². The molecule has 1 amide bonds. The van der Waals surface area contributed by atoms with Crippen LogP contribution in [0.3, 0.4) is 0 Å². The van der Waals surface area contributed by atoms with Crippen LogP contribution >= 0.6 is 0 Å². The summed E-state index contributed by atoms with van der Waals surface area (Å²) >= 11 is 0. The Bertz CT molecular complexity index is 629. The minimum absolute atomic E-state index is 0.111. The lowest BCUT2D eigenvalue weighted by Crippen LogP contribution is -2.72. The molecule has 1 N–H and O–H groups in total. The second kappa shape index (κ2) is 6.97. The van der Waals surface area contributed by atoms with Crippen LogP contribution in [0.1, 0.15) is 53.0 Å². The van der Waals surface area contributed by atoms with Crippen LogP contribution in [0.5, 0.6) is 0 Å². The molecule has 2 aliphatic heterocycles. The third-order valence-corrected chi connectivity index (χ3v) is 6.12. The van der Waals surface area contributed by atoms with Gasteiger partial charge in [0.15, 0.2) is 5.60 Å². The van der Waals surface area contributed by atoms with Gasteiger partial charge in [0, 0.05) is 12.0 Å². The fraction of sp³-hybridized carbons (Fsp3) is 0.682. The predicted octanol–water partition coefficient (Wildman–Crippen LogP) is 3.61. The summed E-state index contributed by atoms with van der Waals surface area (Å²) in [5.41, 5.74) is -0.132. The number of hydrogen-bond acceptors (Lipinski definition) is 3. The Kier molecular flexibility index (Phi) is 5.19. The molecule has 0 aromatic heterocycles. The zero-order valence-corrected chi connectivity index (χ0v) is 17.0. The van der Waals surface area contributed by atoms with Crippen LogP contribution in [-0.4, -0.2) is 41.6 Å². The quantitative estimate of drug-likeness (QED) is 0.897. The van der Waals surface area contributed by atoms with E-state index >= 15 is 0 Å². The second-order valence-electron chi connectivity index (χ2n) is 9.32. The number of carbonyl (C=O) groups is 1. The van der Waals surface area contributed by atoms with Gasteiger partial charge in [0.1, 0.15) is 0 Å². The minimum atomic E-state index is -0.794. The summed E-state index contributed by atoms with van der Waals surface area (Å²) < 4.78 is 6.88. The van der Waals surface area contributed by atoms with E-state index in [9.17, 15) is 4.79 Å². The van der Waals surface area contributed by atoms with Gasteiger partial charge in [-0.15, -0.1) is 0 Å². The zero-order valence-electron chi connectivity index (χ0n) is 17.0. The second-order valence-corrected chi connectivity index (χ2v) is 9.32. The van der Waals surface area contributed by atoms with Gasteiger partial charge in [-0.2, -0.15) is 0 Å². The normalized spacial score (nSPS) is 26.5. The molecule has 1 aromatic rings. The number of morpholine rings is 1. The Labute approximate surface area is 158 Å². The number of amides is 1. The van der Waals surface area contributed by atoms with Crippen molar-refractivity contribution in [3.05, 3.63) is 35.9 Å². The van der Waals surface area contributed by atoms with E-state index in [-0.39, 0.29) is 22.8 Å². The summed E-state index contributed by atoms with van der Waals surface area (Å²) in [4.78, 5) is 15.8. The fourth-order valence-corrected chi connectivity index (χ4v) is 4.85. The highest BCUT2D eigenvalue weighted by Crippen LogP contribution is 2.49. The molecule has 0 saturated carbocycles. The van der Waals surface area contributed by atoms with Gasteiger partial charge in [0.2, 0.25) is 0 Å². The summed E-state index contributed by atoms with van der Waals surface area (Å²) in [6.07, 6.45) is 1.91. The molecule has 1 spiro atoms. The first kappa shape index (κ1) is 19.4. The van der Waals surface area contributed by atoms with Crippen molar-refractivity contribution < 1.29 is 9.53 Å². The molecule has 2 aliphatic rings. The first-order valence-electron chi connectivity index (χ1n) is 9.94. The number of benzene rings is 1. The van der Waals surface area contributed by atoms with Crippen LogP contribution in [0.2, 0.25) is 0 Å². The van der Waals surface area contributed by atoms with E-state index in [1.807, 2.05) is 18.2 Å². The highest BCUT2D eigenvalue weighted by atomic mass is 16.5. The van der Waals surface area contributed by atoms with E-state index in [4.69, 9.17) is 4.74 Å². The highest BCUT2D eigenvalue weighted by Gasteiger charge is 2.61. The van der Waals surface area contributed by atoms with Crippen molar-refractivity contribution in [3.8, 4) is 0 Å². The molecule has 0 bridgehead atoms. The standard InChI is InChI=1S/C22H34N2O2/c1-17(2)22(20(3,4)5)19(25)24(15-18-9-7-6-8-10-18)16-21(26-22)11-13-23-14-12-21/h6-10,17,23H,11-16H2,1-5H3. The molecule has 144 valence electrons. The van der Waals surface area contributed by atoms with Crippen LogP contribution in [0.25, 0.3) is 0 Å². The molecule has 4 nitrogen and oxygen atoms in total. The van der Waals surface area contributed by atoms with Gasteiger partial charge in [-0.25, -0.2) is 0 Å². The van der Waals surface area contributed by atoms with E-state index in [2.05, 4.69) is 57.0 Å². The molecule has 2 fully saturated rings. The molecular formula is C22H34N2O2. The van der Waals surface area contributed by atoms with Crippen molar-refractivity contribution in [2.45, 2.75) is 65.2 Å². The van der Waals surface area contributed by atoms with Gasteiger partial charge in [0.25, 0.3) is 5.91 Å². The lowest BCUT2D eigenvalue weighted by atomic mass is 9.66. The van der Waals surface area contributed by atoms with E-state index in [0.717, 1.165) is 25.9 Å². The molecule has 4 heteroatoms. The molecule has 1 aromatic carbocycles. The third-order valence-electron chi connectivity index (χ3n) is 6.12. The monoisotopic (exact) mass is 358 g/mol. The minimum Gasteiger partial charge on any atom is -0.356 e. The Morgan fingerprint density at radius 1 is 1.15 bits per heavy atom. The molecule has 0 aliphatic carbocycles. The smallest absolute Gasteiger partial charge is 0.256 e. The summed E-state index contributed by atoms with van der Waals surface area (Å²) in [7, 11) is 0. The number of piperidine rings is 1. The van der Waals surface area contributed by atoms with Crippen LogP contribution in [0.4, 0.5) is 0 Å². The van der Waals surface area contributed by atoms with Crippen LogP contribution in [0, 0.1) is 11.3 Å². The number of carbonyl (C=O) groups excluding carboxylic acids is 1. The summed E-state index contributed by atoms with van der Waals surface area (Å²) in [5.74, 6) is 0.258. The van der Waals surface area contributed by atoms with Gasteiger partial charge in [0.05, 0.1) is 12.1 Å². The molecule has 2 heterocycles. The molecule has 1 unspecified atom stereocenters.